The largest absolute Gasteiger partial charge is 0.493 e. The molecule has 0 aliphatic carbocycles. The molecule has 0 aliphatic heterocycles. The molecule has 6 heteroatoms. The first-order chi connectivity index (χ1) is 11.7. The van der Waals surface area contributed by atoms with E-state index in [2.05, 4.69) is 11.1 Å². The molecule has 0 atom stereocenters. The molecule has 0 spiro atoms. The van der Waals surface area contributed by atoms with Gasteiger partial charge in [0.25, 0.3) is 0 Å². The van der Waals surface area contributed by atoms with Gasteiger partial charge in [0.05, 0.1) is 31.7 Å². The van der Waals surface area contributed by atoms with Gasteiger partial charge in [-0.15, -0.1) is 11.3 Å². The monoisotopic (exact) mass is 338 g/mol. The van der Waals surface area contributed by atoms with Gasteiger partial charge in [-0.3, -0.25) is 0 Å². The molecule has 0 amide bonds. The van der Waals surface area contributed by atoms with Crippen molar-refractivity contribution in [2.75, 3.05) is 14.2 Å². The third kappa shape index (κ3) is 3.16. The van der Waals surface area contributed by atoms with Gasteiger partial charge >= 0.3 is 0 Å². The maximum atomic E-state index is 9.38. The molecule has 2 heterocycles. The maximum Gasteiger partial charge on any atom is 0.161 e. The molecule has 120 valence electrons. The van der Waals surface area contributed by atoms with Crippen LogP contribution in [-0.2, 0) is 0 Å². The van der Waals surface area contributed by atoms with Crippen LogP contribution in [0.2, 0.25) is 0 Å². The lowest BCUT2D eigenvalue weighted by Gasteiger charge is -2.08. The predicted octanol–water partition coefficient (Wildman–Crippen LogP) is 4.48. The van der Waals surface area contributed by atoms with Crippen molar-refractivity contribution in [3.63, 3.8) is 0 Å². The van der Waals surface area contributed by atoms with Crippen LogP contribution in [0.25, 0.3) is 22.9 Å². The molecule has 0 aliphatic rings. The number of hydrogen-bond donors (Lipinski definition) is 0. The van der Waals surface area contributed by atoms with Gasteiger partial charge in [-0.1, -0.05) is 0 Å². The molecule has 2 aromatic heterocycles. The summed E-state index contributed by atoms with van der Waals surface area (Å²) in [5, 5.41) is 11.9. The van der Waals surface area contributed by atoms with Crippen molar-refractivity contribution in [3.8, 4) is 28.8 Å². The zero-order valence-electron chi connectivity index (χ0n) is 13.1. The van der Waals surface area contributed by atoms with Crippen LogP contribution in [0.5, 0.6) is 11.5 Å². The second-order valence-corrected chi connectivity index (χ2v) is 5.65. The van der Waals surface area contributed by atoms with Crippen LogP contribution in [0.3, 0.4) is 0 Å². The third-order valence-electron chi connectivity index (χ3n) is 3.36. The number of nitriles is 1. The van der Waals surface area contributed by atoms with Gasteiger partial charge in [-0.2, -0.15) is 5.26 Å². The van der Waals surface area contributed by atoms with E-state index in [4.69, 9.17) is 13.9 Å². The Morgan fingerprint density at radius 2 is 2.08 bits per heavy atom. The number of furan rings is 1. The summed E-state index contributed by atoms with van der Waals surface area (Å²) < 4.78 is 15.8. The van der Waals surface area contributed by atoms with Crippen LogP contribution in [0.4, 0.5) is 0 Å². The molecule has 0 unspecified atom stereocenters. The number of allylic oxidation sites excluding steroid dienone is 1. The zero-order chi connectivity index (χ0) is 16.9. The van der Waals surface area contributed by atoms with Gasteiger partial charge in [0.15, 0.2) is 11.5 Å². The number of hydrogen-bond acceptors (Lipinski definition) is 6. The summed E-state index contributed by atoms with van der Waals surface area (Å²) in [7, 11) is 3.19. The Kier molecular flexibility index (Phi) is 4.64. The summed E-state index contributed by atoms with van der Waals surface area (Å²) in [4.78, 5) is 4.55. The van der Waals surface area contributed by atoms with E-state index >= 15 is 0 Å². The molecule has 3 aromatic rings. The Labute approximate surface area is 143 Å². The van der Waals surface area contributed by atoms with Gasteiger partial charge in [0.1, 0.15) is 16.8 Å². The number of methoxy groups -OCH3 is 2. The number of rotatable bonds is 5. The van der Waals surface area contributed by atoms with E-state index < -0.39 is 0 Å². The Balaban J connectivity index is 1.95. The minimum atomic E-state index is 0.460. The van der Waals surface area contributed by atoms with Crippen LogP contribution < -0.4 is 9.47 Å². The summed E-state index contributed by atoms with van der Waals surface area (Å²) in [6.45, 7) is 0. The van der Waals surface area contributed by atoms with E-state index in [1.807, 2.05) is 23.6 Å². The first-order valence-electron chi connectivity index (χ1n) is 7.08. The molecule has 3 rings (SSSR count). The molecule has 1 aromatic carbocycles. The fraction of sp³-hybridized carbons (Fsp3) is 0.111. The minimum Gasteiger partial charge on any atom is -0.493 e. The van der Waals surface area contributed by atoms with E-state index in [-0.39, 0.29) is 0 Å². The molecular weight excluding hydrogens is 324 g/mol. The molecule has 0 fully saturated rings. The zero-order valence-corrected chi connectivity index (χ0v) is 14.0. The Hall–Kier alpha value is -3.04. The molecule has 0 saturated heterocycles. The van der Waals surface area contributed by atoms with Gasteiger partial charge in [0, 0.05) is 17.0 Å². The standard InChI is InChI=1S/C18H14N2O3S/c1-21-16-6-5-12(9-17(16)22-2)15-11-24-18(20-15)13(10-19)8-14-4-3-7-23-14/h3-9,11H,1-2H3/b13-8-. The van der Waals surface area contributed by atoms with Crippen LogP contribution >= 0.6 is 11.3 Å². The van der Waals surface area contributed by atoms with Crippen molar-refractivity contribution >= 4 is 23.0 Å². The van der Waals surface area contributed by atoms with Gasteiger partial charge in [-0.25, -0.2) is 4.98 Å². The lowest BCUT2D eigenvalue weighted by Crippen LogP contribution is -1.91. The summed E-state index contributed by atoms with van der Waals surface area (Å²) >= 11 is 1.41. The normalized spacial score (nSPS) is 11.1. The van der Waals surface area contributed by atoms with Crippen LogP contribution in [-0.4, -0.2) is 19.2 Å². The highest BCUT2D eigenvalue weighted by Gasteiger charge is 2.12. The second kappa shape index (κ2) is 7.02. The average Bonchev–Trinajstić information content (AvgIpc) is 3.30. The summed E-state index contributed by atoms with van der Waals surface area (Å²) in [6, 6.07) is 11.3. The molecular formula is C18H14N2O3S. The van der Waals surface area contributed by atoms with Crippen LogP contribution in [0.15, 0.2) is 46.4 Å². The van der Waals surface area contributed by atoms with Crippen molar-refractivity contribution < 1.29 is 13.9 Å². The summed E-state index contributed by atoms with van der Waals surface area (Å²) in [5.41, 5.74) is 2.13. The van der Waals surface area contributed by atoms with E-state index in [0.29, 0.717) is 27.8 Å². The second-order valence-electron chi connectivity index (χ2n) is 4.79. The average molecular weight is 338 g/mol. The highest BCUT2D eigenvalue weighted by molar-refractivity contribution is 7.11. The molecule has 24 heavy (non-hydrogen) atoms. The molecule has 0 saturated carbocycles. The van der Waals surface area contributed by atoms with Gasteiger partial charge in [0.2, 0.25) is 0 Å². The van der Waals surface area contributed by atoms with Crippen molar-refractivity contribution in [1.29, 1.82) is 5.26 Å². The molecule has 0 radical (unpaired) electrons. The fourth-order valence-corrected chi connectivity index (χ4v) is 2.98. The number of benzene rings is 1. The number of aromatic nitrogens is 1. The summed E-state index contributed by atoms with van der Waals surface area (Å²) in [5.74, 6) is 1.91. The van der Waals surface area contributed by atoms with E-state index in [1.54, 1.807) is 38.7 Å². The van der Waals surface area contributed by atoms with E-state index in [1.165, 1.54) is 11.3 Å². The minimum absolute atomic E-state index is 0.460. The molecule has 5 nitrogen and oxygen atoms in total. The smallest absolute Gasteiger partial charge is 0.161 e. The van der Waals surface area contributed by atoms with Crippen molar-refractivity contribution in [3.05, 3.63) is 52.7 Å². The number of thiazole rings is 1. The first kappa shape index (κ1) is 15.8. The Bertz CT molecular complexity index is 905. The van der Waals surface area contributed by atoms with Crippen molar-refractivity contribution in [1.82, 2.24) is 4.98 Å². The maximum absolute atomic E-state index is 9.38. The Morgan fingerprint density at radius 1 is 1.25 bits per heavy atom. The van der Waals surface area contributed by atoms with Crippen molar-refractivity contribution in [2.45, 2.75) is 0 Å². The lowest BCUT2D eigenvalue weighted by molar-refractivity contribution is 0.355. The highest BCUT2D eigenvalue weighted by atomic mass is 32.1. The quantitative estimate of drug-likeness (QED) is 0.641. The topological polar surface area (TPSA) is 68.3 Å². The SMILES string of the molecule is COc1ccc(-c2csc(/C(C#N)=C\c3ccco3)n2)cc1OC. The first-order valence-corrected chi connectivity index (χ1v) is 7.96. The molecule has 0 bridgehead atoms. The Morgan fingerprint density at radius 3 is 2.75 bits per heavy atom. The van der Waals surface area contributed by atoms with E-state index in [9.17, 15) is 5.26 Å². The van der Waals surface area contributed by atoms with Gasteiger partial charge in [-0.05, 0) is 30.3 Å². The highest BCUT2D eigenvalue weighted by Crippen LogP contribution is 2.33. The molecule has 0 N–H and O–H groups in total. The van der Waals surface area contributed by atoms with Gasteiger partial charge < -0.3 is 13.9 Å². The lowest BCUT2D eigenvalue weighted by atomic mass is 10.1. The van der Waals surface area contributed by atoms with Crippen molar-refractivity contribution in [2.24, 2.45) is 0 Å². The van der Waals surface area contributed by atoms with Crippen LogP contribution in [0, 0.1) is 11.3 Å². The van der Waals surface area contributed by atoms with Crippen LogP contribution in [0.1, 0.15) is 10.8 Å². The third-order valence-corrected chi connectivity index (χ3v) is 4.24. The summed E-state index contributed by atoms with van der Waals surface area (Å²) in [6.07, 6.45) is 3.24. The number of nitrogens with zero attached hydrogens (tertiary/aromatic N) is 2. The van der Waals surface area contributed by atoms with E-state index in [0.717, 1.165) is 11.3 Å². The predicted molar refractivity (Wildman–Crippen MR) is 92.8 cm³/mol. The fourth-order valence-electron chi connectivity index (χ4n) is 2.18. The number of ether oxygens (including phenoxy) is 2.